The van der Waals surface area contributed by atoms with Crippen molar-refractivity contribution in [1.29, 1.82) is 0 Å². The molecular weight excluding hydrogens is 516 g/mol. The Morgan fingerprint density at radius 3 is 2.00 bits per heavy atom. The Hall–Kier alpha value is -3.74. The summed E-state index contributed by atoms with van der Waals surface area (Å²) in [7, 11) is 0. The number of rotatable bonds is 7. The van der Waals surface area contributed by atoms with Crippen LogP contribution < -0.4 is 5.32 Å². The van der Waals surface area contributed by atoms with E-state index in [0.717, 1.165) is 21.2 Å². The highest BCUT2D eigenvalue weighted by Crippen LogP contribution is 2.44. The number of carbonyl (C=O) groups is 2. The number of nitrogens with one attached hydrogen (secondary N) is 1. The summed E-state index contributed by atoms with van der Waals surface area (Å²) in [6, 6.07) is 35.6. The maximum atomic E-state index is 13.9. The van der Waals surface area contributed by atoms with Crippen LogP contribution in [0.5, 0.6) is 0 Å². The molecule has 180 valence electrons. The molecule has 1 saturated heterocycles. The third-order valence-corrected chi connectivity index (χ3v) is 7.12. The Morgan fingerprint density at radius 2 is 1.36 bits per heavy atom. The summed E-state index contributed by atoms with van der Waals surface area (Å²) in [4.78, 5) is 33.4. The maximum absolute atomic E-state index is 13.9. The van der Waals surface area contributed by atoms with Crippen molar-refractivity contribution in [2.45, 2.75) is 24.5 Å². The Bertz CT molecular complexity index is 1350. The minimum Gasteiger partial charge on any atom is -0.365 e. The third kappa shape index (κ3) is 4.83. The van der Waals surface area contributed by atoms with Crippen molar-refractivity contribution < 1.29 is 14.4 Å². The van der Waals surface area contributed by atoms with Crippen molar-refractivity contribution in [1.82, 2.24) is 10.4 Å². The molecule has 0 unspecified atom stereocenters. The molecule has 1 aliphatic rings. The Morgan fingerprint density at radius 1 is 0.806 bits per heavy atom. The number of hydroxylamine groups is 2. The van der Waals surface area contributed by atoms with E-state index in [4.69, 9.17) is 4.84 Å². The van der Waals surface area contributed by atoms with Gasteiger partial charge in [0.25, 0.3) is 5.91 Å². The van der Waals surface area contributed by atoms with E-state index < -0.39 is 17.6 Å². The number of amides is 1. The van der Waals surface area contributed by atoms with Gasteiger partial charge in [-0.05, 0) is 34.9 Å². The van der Waals surface area contributed by atoms with Gasteiger partial charge in [0, 0.05) is 16.5 Å². The molecule has 1 amide bonds. The predicted octanol–water partition coefficient (Wildman–Crippen LogP) is 5.88. The van der Waals surface area contributed by atoms with Crippen LogP contribution in [0.1, 0.15) is 33.1 Å². The highest BCUT2D eigenvalue weighted by Gasteiger charge is 2.59. The molecule has 0 radical (unpaired) electrons. The van der Waals surface area contributed by atoms with Gasteiger partial charge in [0.2, 0.25) is 0 Å². The van der Waals surface area contributed by atoms with Crippen molar-refractivity contribution in [3.63, 3.8) is 0 Å². The van der Waals surface area contributed by atoms with Crippen LogP contribution >= 0.6 is 15.9 Å². The molecule has 1 N–H and O–H groups in total. The van der Waals surface area contributed by atoms with Crippen molar-refractivity contribution >= 4 is 27.8 Å². The summed E-state index contributed by atoms with van der Waals surface area (Å²) >= 11 is 3.68. The minimum atomic E-state index is -1.37. The second-order valence-electron chi connectivity index (χ2n) is 8.82. The van der Waals surface area contributed by atoms with E-state index in [1.54, 1.807) is 29.3 Å². The Labute approximate surface area is 218 Å². The molecule has 4 aromatic rings. The molecule has 0 aromatic heterocycles. The highest BCUT2D eigenvalue weighted by molar-refractivity contribution is 9.10. The standard InChI is InChI=1S/C30H25BrN2O3/c31-26-19-11-10-18-25(26)27-30(20-22-12-4-1-5-13-22,32-28(34)24-16-8-3-9-17-24)29(35)36-33(27)21-23-14-6-2-7-15-23/h1-19,27H,20-21H2,(H,32,34)/t27-,30-/m0/s1. The Balaban J connectivity index is 1.64. The molecule has 0 aliphatic carbocycles. The zero-order valence-corrected chi connectivity index (χ0v) is 21.1. The first kappa shape index (κ1) is 24.0. The van der Waals surface area contributed by atoms with Gasteiger partial charge in [0.1, 0.15) is 6.04 Å². The maximum Gasteiger partial charge on any atom is 0.353 e. The Kier molecular flexibility index (Phi) is 6.98. The lowest BCUT2D eigenvalue weighted by Crippen LogP contribution is -2.58. The fourth-order valence-electron chi connectivity index (χ4n) is 4.72. The highest BCUT2D eigenvalue weighted by atomic mass is 79.9. The average Bonchev–Trinajstić information content (AvgIpc) is 3.16. The molecule has 36 heavy (non-hydrogen) atoms. The SMILES string of the molecule is O=C(N[C@]1(Cc2ccccc2)C(=O)ON(Cc2ccccc2)[C@H]1c1ccccc1Br)c1ccccc1. The van der Waals surface area contributed by atoms with Crippen LogP contribution in [0.4, 0.5) is 0 Å². The van der Waals surface area contributed by atoms with Gasteiger partial charge < -0.3 is 10.2 Å². The average molecular weight is 541 g/mol. The van der Waals surface area contributed by atoms with E-state index in [2.05, 4.69) is 21.2 Å². The third-order valence-electron chi connectivity index (χ3n) is 6.40. The number of carbonyl (C=O) groups excluding carboxylic acids is 2. The van der Waals surface area contributed by atoms with Crippen LogP contribution in [0.2, 0.25) is 0 Å². The van der Waals surface area contributed by atoms with E-state index in [9.17, 15) is 9.59 Å². The zero-order chi connectivity index (χ0) is 25.0. The number of benzene rings is 4. The molecule has 6 heteroatoms. The summed E-state index contributed by atoms with van der Waals surface area (Å²) in [5.74, 6) is -0.825. The lowest BCUT2D eigenvalue weighted by atomic mass is 9.80. The van der Waals surface area contributed by atoms with Crippen LogP contribution in [-0.2, 0) is 22.6 Å². The molecule has 1 fully saturated rings. The molecule has 5 rings (SSSR count). The molecule has 0 saturated carbocycles. The first-order valence-electron chi connectivity index (χ1n) is 11.8. The molecule has 2 atom stereocenters. The van der Waals surface area contributed by atoms with Gasteiger partial charge in [-0.15, -0.1) is 5.06 Å². The van der Waals surface area contributed by atoms with Crippen LogP contribution in [0, 0.1) is 0 Å². The quantitative estimate of drug-likeness (QED) is 0.318. The zero-order valence-electron chi connectivity index (χ0n) is 19.5. The summed E-state index contributed by atoms with van der Waals surface area (Å²) in [5.41, 5.74) is 1.87. The van der Waals surface area contributed by atoms with Gasteiger partial charge in [-0.1, -0.05) is 113 Å². The second-order valence-corrected chi connectivity index (χ2v) is 9.67. The monoisotopic (exact) mass is 540 g/mol. The van der Waals surface area contributed by atoms with Gasteiger partial charge >= 0.3 is 5.97 Å². The number of nitrogens with zero attached hydrogens (tertiary/aromatic N) is 1. The largest absolute Gasteiger partial charge is 0.365 e. The molecule has 1 heterocycles. The van der Waals surface area contributed by atoms with Crippen molar-refractivity contribution in [2.75, 3.05) is 0 Å². The van der Waals surface area contributed by atoms with E-state index in [-0.39, 0.29) is 12.3 Å². The second kappa shape index (κ2) is 10.5. The van der Waals surface area contributed by atoms with Gasteiger partial charge in [0.15, 0.2) is 5.54 Å². The molecule has 0 spiro atoms. The van der Waals surface area contributed by atoms with Crippen molar-refractivity contribution in [2.24, 2.45) is 0 Å². The number of halogens is 1. The van der Waals surface area contributed by atoms with E-state index in [0.29, 0.717) is 12.1 Å². The van der Waals surface area contributed by atoms with Gasteiger partial charge in [-0.3, -0.25) is 4.79 Å². The molecular formula is C30H25BrN2O3. The van der Waals surface area contributed by atoms with E-state index >= 15 is 0 Å². The van der Waals surface area contributed by atoms with E-state index in [1.807, 2.05) is 91.0 Å². The topological polar surface area (TPSA) is 58.6 Å². The smallest absolute Gasteiger partial charge is 0.353 e. The molecule has 5 nitrogen and oxygen atoms in total. The van der Waals surface area contributed by atoms with Gasteiger partial charge in [-0.2, -0.15) is 0 Å². The fraction of sp³-hybridized carbons (Fsp3) is 0.133. The lowest BCUT2D eigenvalue weighted by Gasteiger charge is -2.35. The van der Waals surface area contributed by atoms with Crippen LogP contribution in [0.3, 0.4) is 0 Å². The van der Waals surface area contributed by atoms with Crippen LogP contribution in [0.15, 0.2) is 120 Å². The number of hydrogen-bond donors (Lipinski definition) is 1. The van der Waals surface area contributed by atoms with Crippen LogP contribution in [-0.4, -0.2) is 22.5 Å². The van der Waals surface area contributed by atoms with Gasteiger partial charge in [-0.25, -0.2) is 4.79 Å². The molecule has 4 aromatic carbocycles. The normalized spacial score (nSPS) is 19.6. The van der Waals surface area contributed by atoms with Gasteiger partial charge in [0.05, 0.1) is 6.54 Å². The predicted molar refractivity (Wildman–Crippen MR) is 142 cm³/mol. The summed E-state index contributed by atoms with van der Waals surface area (Å²) in [6.45, 7) is 0.371. The summed E-state index contributed by atoms with van der Waals surface area (Å²) in [6.07, 6.45) is 0.266. The molecule has 1 aliphatic heterocycles. The first-order chi connectivity index (χ1) is 17.6. The van der Waals surface area contributed by atoms with Crippen molar-refractivity contribution in [3.8, 4) is 0 Å². The van der Waals surface area contributed by atoms with Crippen molar-refractivity contribution in [3.05, 3.63) is 142 Å². The number of hydrogen-bond acceptors (Lipinski definition) is 4. The summed E-state index contributed by atoms with van der Waals surface area (Å²) < 4.78 is 0.831. The summed E-state index contributed by atoms with van der Waals surface area (Å²) in [5, 5.41) is 4.81. The first-order valence-corrected chi connectivity index (χ1v) is 12.5. The lowest BCUT2D eigenvalue weighted by molar-refractivity contribution is -0.178. The van der Waals surface area contributed by atoms with E-state index in [1.165, 1.54) is 0 Å². The molecule has 0 bridgehead atoms. The fourth-order valence-corrected chi connectivity index (χ4v) is 5.22. The van der Waals surface area contributed by atoms with Crippen LogP contribution in [0.25, 0.3) is 0 Å². The minimum absolute atomic E-state index is 0.266.